The van der Waals surface area contributed by atoms with Crippen molar-refractivity contribution in [1.29, 1.82) is 0 Å². The number of carbonyl (C=O) groups excluding carboxylic acids is 1. The molecule has 0 aliphatic heterocycles. The second-order valence-corrected chi connectivity index (χ2v) is 4.71. The van der Waals surface area contributed by atoms with Crippen molar-refractivity contribution in [2.45, 2.75) is 13.5 Å². The summed E-state index contributed by atoms with van der Waals surface area (Å²) in [5, 5.41) is 3.41. The van der Waals surface area contributed by atoms with E-state index in [4.69, 9.17) is 16.3 Å². The zero-order valence-corrected chi connectivity index (χ0v) is 12.0. The Balaban J connectivity index is 1.98. The number of carbonyl (C=O) groups is 1. The quantitative estimate of drug-likeness (QED) is 0.912. The van der Waals surface area contributed by atoms with Gasteiger partial charge in [0.15, 0.2) is 0 Å². The SMILES string of the molecule is CCOc1cccc(CNC(=O)c2cccc(Cl)c2)c1. The summed E-state index contributed by atoms with van der Waals surface area (Å²) in [4.78, 5) is 12.0. The Kier molecular flexibility index (Phi) is 5.02. The third kappa shape index (κ3) is 4.00. The average molecular weight is 290 g/mol. The maximum absolute atomic E-state index is 12.0. The Bertz CT molecular complexity index is 599. The van der Waals surface area contributed by atoms with Gasteiger partial charge in [-0.2, -0.15) is 0 Å². The Labute approximate surface area is 123 Å². The lowest BCUT2D eigenvalue weighted by atomic mass is 10.2. The molecule has 2 aromatic rings. The van der Waals surface area contributed by atoms with Gasteiger partial charge in [-0.15, -0.1) is 0 Å². The Hall–Kier alpha value is -2.00. The lowest BCUT2D eigenvalue weighted by Crippen LogP contribution is -2.22. The molecule has 104 valence electrons. The number of benzene rings is 2. The van der Waals surface area contributed by atoms with E-state index in [1.807, 2.05) is 31.2 Å². The smallest absolute Gasteiger partial charge is 0.251 e. The fourth-order valence-electron chi connectivity index (χ4n) is 1.83. The highest BCUT2D eigenvalue weighted by Gasteiger charge is 2.05. The molecular weight excluding hydrogens is 274 g/mol. The fraction of sp³-hybridized carbons (Fsp3) is 0.188. The van der Waals surface area contributed by atoms with Crippen LogP contribution in [0.3, 0.4) is 0 Å². The van der Waals surface area contributed by atoms with Crippen LogP contribution >= 0.6 is 11.6 Å². The summed E-state index contributed by atoms with van der Waals surface area (Å²) in [6.07, 6.45) is 0. The van der Waals surface area contributed by atoms with E-state index < -0.39 is 0 Å². The Morgan fingerprint density at radius 3 is 2.75 bits per heavy atom. The van der Waals surface area contributed by atoms with Crippen LogP contribution in [-0.4, -0.2) is 12.5 Å². The van der Waals surface area contributed by atoms with Crippen molar-refractivity contribution in [3.05, 3.63) is 64.7 Å². The summed E-state index contributed by atoms with van der Waals surface area (Å²) in [6, 6.07) is 14.5. The molecule has 3 nitrogen and oxygen atoms in total. The number of ether oxygens (including phenoxy) is 1. The minimum atomic E-state index is -0.144. The van der Waals surface area contributed by atoms with E-state index in [-0.39, 0.29) is 5.91 Å². The second kappa shape index (κ2) is 6.96. The second-order valence-electron chi connectivity index (χ2n) is 4.27. The van der Waals surface area contributed by atoms with E-state index in [0.29, 0.717) is 23.7 Å². The molecule has 0 bridgehead atoms. The minimum Gasteiger partial charge on any atom is -0.494 e. The molecule has 0 heterocycles. The molecule has 0 aromatic heterocycles. The first-order valence-corrected chi connectivity index (χ1v) is 6.82. The van der Waals surface area contributed by atoms with E-state index >= 15 is 0 Å². The van der Waals surface area contributed by atoms with Crippen LogP contribution in [0.4, 0.5) is 0 Å². The molecule has 0 fully saturated rings. The predicted molar refractivity (Wildman–Crippen MR) is 80.2 cm³/mol. The summed E-state index contributed by atoms with van der Waals surface area (Å²) in [5.74, 6) is 0.663. The molecule has 0 spiro atoms. The van der Waals surface area contributed by atoms with Crippen molar-refractivity contribution >= 4 is 17.5 Å². The third-order valence-electron chi connectivity index (χ3n) is 2.75. The maximum atomic E-state index is 12.0. The van der Waals surface area contributed by atoms with Crippen molar-refractivity contribution in [1.82, 2.24) is 5.32 Å². The molecule has 20 heavy (non-hydrogen) atoms. The monoisotopic (exact) mass is 289 g/mol. The molecule has 2 aromatic carbocycles. The predicted octanol–water partition coefficient (Wildman–Crippen LogP) is 3.67. The minimum absolute atomic E-state index is 0.144. The molecule has 1 N–H and O–H groups in total. The molecule has 2 rings (SSSR count). The molecule has 0 aliphatic carbocycles. The average Bonchev–Trinajstić information content (AvgIpc) is 2.45. The first kappa shape index (κ1) is 14.4. The third-order valence-corrected chi connectivity index (χ3v) is 2.98. The van der Waals surface area contributed by atoms with Crippen molar-refractivity contribution in [2.24, 2.45) is 0 Å². The maximum Gasteiger partial charge on any atom is 0.251 e. The standard InChI is InChI=1S/C16H16ClNO2/c1-2-20-15-8-3-5-12(9-15)11-18-16(19)13-6-4-7-14(17)10-13/h3-10H,2,11H2,1H3,(H,18,19). The highest BCUT2D eigenvalue weighted by Crippen LogP contribution is 2.14. The Morgan fingerprint density at radius 2 is 2.00 bits per heavy atom. The zero-order chi connectivity index (χ0) is 14.4. The molecular formula is C16H16ClNO2. The molecule has 0 atom stereocenters. The van der Waals surface area contributed by atoms with Gasteiger partial charge in [-0.3, -0.25) is 4.79 Å². The van der Waals surface area contributed by atoms with Gasteiger partial charge >= 0.3 is 0 Å². The number of halogens is 1. The van der Waals surface area contributed by atoms with Gasteiger partial charge in [-0.25, -0.2) is 0 Å². The summed E-state index contributed by atoms with van der Waals surface area (Å²) < 4.78 is 5.42. The molecule has 0 saturated heterocycles. The van der Waals surface area contributed by atoms with Crippen LogP contribution in [0.25, 0.3) is 0 Å². The first-order chi connectivity index (χ1) is 9.69. The van der Waals surface area contributed by atoms with Crippen molar-refractivity contribution < 1.29 is 9.53 Å². The van der Waals surface area contributed by atoms with E-state index in [1.54, 1.807) is 24.3 Å². The van der Waals surface area contributed by atoms with E-state index in [1.165, 1.54) is 0 Å². The zero-order valence-electron chi connectivity index (χ0n) is 11.2. The van der Waals surface area contributed by atoms with Gasteiger partial charge in [0.25, 0.3) is 5.91 Å². The van der Waals surface area contributed by atoms with Crippen molar-refractivity contribution in [2.75, 3.05) is 6.61 Å². The van der Waals surface area contributed by atoms with Crippen molar-refractivity contribution in [3.63, 3.8) is 0 Å². The van der Waals surface area contributed by atoms with Crippen LogP contribution in [0.15, 0.2) is 48.5 Å². The first-order valence-electron chi connectivity index (χ1n) is 6.44. The molecule has 4 heteroatoms. The highest BCUT2D eigenvalue weighted by atomic mass is 35.5. The lowest BCUT2D eigenvalue weighted by Gasteiger charge is -2.08. The van der Waals surface area contributed by atoms with Gasteiger partial charge in [-0.05, 0) is 42.8 Å². The van der Waals surface area contributed by atoms with Crippen LogP contribution in [0, 0.1) is 0 Å². The number of nitrogens with one attached hydrogen (secondary N) is 1. The van der Waals surface area contributed by atoms with Gasteiger partial charge in [0, 0.05) is 17.1 Å². The van der Waals surface area contributed by atoms with Gasteiger partial charge in [0.2, 0.25) is 0 Å². The van der Waals surface area contributed by atoms with Crippen molar-refractivity contribution in [3.8, 4) is 5.75 Å². The molecule has 0 saturated carbocycles. The van der Waals surface area contributed by atoms with Gasteiger partial charge in [-0.1, -0.05) is 29.8 Å². The molecule has 1 amide bonds. The van der Waals surface area contributed by atoms with Crippen LogP contribution in [-0.2, 0) is 6.54 Å². The van der Waals surface area contributed by atoms with Crippen LogP contribution in [0.2, 0.25) is 5.02 Å². The van der Waals surface area contributed by atoms with Gasteiger partial charge < -0.3 is 10.1 Å². The largest absolute Gasteiger partial charge is 0.494 e. The van der Waals surface area contributed by atoms with Gasteiger partial charge in [0.1, 0.15) is 5.75 Å². The normalized spacial score (nSPS) is 10.1. The summed E-state index contributed by atoms with van der Waals surface area (Å²) >= 11 is 5.87. The van der Waals surface area contributed by atoms with Crippen LogP contribution in [0.1, 0.15) is 22.8 Å². The number of rotatable bonds is 5. The fourth-order valence-corrected chi connectivity index (χ4v) is 2.02. The van der Waals surface area contributed by atoms with E-state index in [0.717, 1.165) is 11.3 Å². The highest BCUT2D eigenvalue weighted by molar-refractivity contribution is 6.30. The van der Waals surface area contributed by atoms with Crippen LogP contribution in [0.5, 0.6) is 5.75 Å². The molecule has 0 aliphatic rings. The van der Waals surface area contributed by atoms with Crippen LogP contribution < -0.4 is 10.1 Å². The topological polar surface area (TPSA) is 38.3 Å². The number of hydrogen-bond donors (Lipinski definition) is 1. The summed E-state index contributed by atoms with van der Waals surface area (Å²) in [5.41, 5.74) is 1.55. The summed E-state index contributed by atoms with van der Waals surface area (Å²) in [6.45, 7) is 3.01. The van der Waals surface area contributed by atoms with Gasteiger partial charge in [0.05, 0.1) is 6.61 Å². The summed E-state index contributed by atoms with van der Waals surface area (Å²) in [7, 11) is 0. The number of hydrogen-bond acceptors (Lipinski definition) is 2. The molecule has 0 unspecified atom stereocenters. The number of amides is 1. The Morgan fingerprint density at radius 1 is 1.20 bits per heavy atom. The lowest BCUT2D eigenvalue weighted by molar-refractivity contribution is 0.0951. The van der Waals surface area contributed by atoms with E-state index in [2.05, 4.69) is 5.32 Å². The van der Waals surface area contributed by atoms with E-state index in [9.17, 15) is 4.79 Å². The molecule has 0 radical (unpaired) electrons.